The van der Waals surface area contributed by atoms with Crippen molar-refractivity contribution in [2.24, 2.45) is 0 Å². The maximum absolute atomic E-state index is 9.43. The zero-order valence-corrected chi connectivity index (χ0v) is 9.07. The maximum atomic E-state index is 9.43. The van der Waals surface area contributed by atoms with E-state index in [1.807, 2.05) is 13.0 Å². The van der Waals surface area contributed by atoms with Gasteiger partial charge in [0.1, 0.15) is 6.33 Å². The first-order valence-electron chi connectivity index (χ1n) is 5.14. The molecule has 2 atom stereocenters. The molecule has 0 radical (unpaired) electrons. The van der Waals surface area contributed by atoms with Crippen molar-refractivity contribution in [3.8, 4) is 0 Å². The van der Waals surface area contributed by atoms with E-state index >= 15 is 0 Å². The normalized spacial score (nSPS) is 15.1. The summed E-state index contributed by atoms with van der Waals surface area (Å²) < 4.78 is 0. The Morgan fingerprint density at radius 1 is 1.36 bits per heavy atom. The summed E-state index contributed by atoms with van der Waals surface area (Å²) in [4.78, 5) is 8.35. The average Bonchev–Trinajstić information content (AvgIpc) is 2.17. The molecule has 0 aliphatic carbocycles. The molecular weight excluding hydrogens is 176 g/mol. The lowest BCUT2D eigenvalue weighted by Gasteiger charge is -2.14. The van der Waals surface area contributed by atoms with Crippen LogP contribution in [-0.4, -0.2) is 21.2 Å². The van der Waals surface area contributed by atoms with Gasteiger partial charge in [-0.3, -0.25) is 0 Å². The number of aryl methyl sites for hydroxylation is 1. The van der Waals surface area contributed by atoms with Gasteiger partial charge in [0.15, 0.2) is 0 Å². The van der Waals surface area contributed by atoms with E-state index < -0.39 is 0 Å². The Labute approximate surface area is 85.2 Å². The average molecular weight is 194 g/mol. The number of nitrogens with zero attached hydrogens (tertiary/aromatic N) is 2. The standard InChI is InChI=1S/C11H18N2O/c1-4-5-10-6-11(13-7-12-10)8(2)9(3)14/h6-9,14H,4-5H2,1-3H3. The molecule has 3 nitrogen and oxygen atoms in total. The largest absolute Gasteiger partial charge is 0.393 e. The fourth-order valence-corrected chi connectivity index (χ4v) is 1.30. The van der Waals surface area contributed by atoms with Crippen LogP contribution in [0.4, 0.5) is 0 Å². The number of rotatable bonds is 4. The van der Waals surface area contributed by atoms with Crippen LogP contribution in [0.15, 0.2) is 12.4 Å². The van der Waals surface area contributed by atoms with E-state index in [0.29, 0.717) is 0 Å². The zero-order chi connectivity index (χ0) is 10.6. The summed E-state index contributed by atoms with van der Waals surface area (Å²) in [5, 5.41) is 9.43. The molecule has 1 aromatic heterocycles. The molecule has 0 saturated heterocycles. The lowest BCUT2D eigenvalue weighted by atomic mass is 10.0. The second kappa shape index (κ2) is 5.05. The number of aliphatic hydroxyl groups excluding tert-OH is 1. The van der Waals surface area contributed by atoms with Crippen LogP contribution in [0.3, 0.4) is 0 Å². The molecule has 1 rings (SSSR count). The molecule has 78 valence electrons. The first-order chi connectivity index (χ1) is 6.65. The number of hydrogen-bond donors (Lipinski definition) is 1. The van der Waals surface area contributed by atoms with Gasteiger partial charge in [0.25, 0.3) is 0 Å². The van der Waals surface area contributed by atoms with Crippen LogP contribution in [0.5, 0.6) is 0 Å². The first kappa shape index (κ1) is 11.1. The Hall–Kier alpha value is -0.960. The molecule has 0 spiro atoms. The molecule has 0 aliphatic rings. The van der Waals surface area contributed by atoms with E-state index in [1.165, 1.54) is 0 Å². The number of hydrogen-bond acceptors (Lipinski definition) is 3. The Kier molecular flexibility index (Phi) is 4.01. The predicted octanol–water partition coefficient (Wildman–Crippen LogP) is 1.91. The quantitative estimate of drug-likeness (QED) is 0.796. The lowest BCUT2D eigenvalue weighted by Crippen LogP contribution is -2.13. The third kappa shape index (κ3) is 2.77. The molecule has 1 N–H and O–H groups in total. The van der Waals surface area contributed by atoms with Gasteiger partial charge >= 0.3 is 0 Å². The van der Waals surface area contributed by atoms with Crippen LogP contribution < -0.4 is 0 Å². The molecule has 1 aromatic rings. The van der Waals surface area contributed by atoms with Crippen molar-refractivity contribution in [3.63, 3.8) is 0 Å². The third-order valence-corrected chi connectivity index (χ3v) is 2.44. The highest BCUT2D eigenvalue weighted by Crippen LogP contribution is 2.17. The van der Waals surface area contributed by atoms with Crippen molar-refractivity contribution in [1.29, 1.82) is 0 Å². The molecule has 3 heteroatoms. The predicted molar refractivity (Wildman–Crippen MR) is 56.1 cm³/mol. The molecule has 1 heterocycles. The molecule has 0 aliphatic heterocycles. The topological polar surface area (TPSA) is 46.0 Å². The van der Waals surface area contributed by atoms with Crippen LogP contribution in [0.25, 0.3) is 0 Å². The summed E-state index contributed by atoms with van der Waals surface area (Å²) in [6, 6.07) is 1.99. The van der Waals surface area contributed by atoms with Gasteiger partial charge in [-0.25, -0.2) is 9.97 Å². The first-order valence-corrected chi connectivity index (χ1v) is 5.14. The molecular formula is C11H18N2O. The van der Waals surface area contributed by atoms with Crippen molar-refractivity contribution in [1.82, 2.24) is 9.97 Å². The molecule has 2 unspecified atom stereocenters. The second-order valence-corrected chi connectivity index (χ2v) is 3.71. The summed E-state index contributed by atoms with van der Waals surface area (Å²) in [5.74, 6) is 0.0774. The summed E-state index contributed by atoms with van der Waals surface area (Å²) in [7, 11) is 0. The summed E-state index contributed by atoms with van der Waals surface area (Å²) >= 11 is 0. The fourth-order valence-electron chi connectivity index (χ4n) is 1.30. The van der Waals surface area contributed by atoms with Gasteiger partial charge in [0.05, 0.1) is 6.10 Å². The molecule has 0 amide bonds. The van der Waals surface area contributed by atoms with Gasteiger partial charge in [-0.05, 0) is 19.4 Å². The van der Waals surface area contributed by atoms with Crippen LogP contribution in [0.2, 0.25) is 0 Å². The fraction of sp³-hybridized carbons (Fsp3) is 0.636. The van der Waals surface area contributed by atoms with Crippen LogP contribution in [0, 0.1) is 0 Å². The van der Waals surface area contributed by atoms with Gasteiger partial charge in [-0.15, -0.1) is 0 Å². The minimum absolute atomic E-state index is 0.0774. The SMILES string of the molecule is CCCc1cc(C(C)C(C)O)ncn1. The zero-order valence-electron chi connectivity index (χ0n) is 9.07. The van der Waals surface area contributed by atoms with E-state index in [0.717, 1.165) is 24.2 Å². The van der Waals surface area contributed by atoms with E-state index in [4.69, 9.17) is 0 Å². The summed E-state index contributed by atoms with van der Waals surface area (Å²) in [5.41, 5.74) is 1.99. The highest BCUT2D eigenvalue weighted by Gasteiger charge is 2.13. The van der Waals surface area contributed by atoms with Gasteiger partial charge in [0.2, 0.25) is 0 Å². The Morgan fingerprint density at radius 3 is 2.64 bits per heavy atom. The molecule has 0 fully saturated rings. The highest BCUT2D eigenvalue weighted by atomic mass is 16.3. The number of aromatic nitrogens is 2. The van der Waals surface area contributed by atoms with Crippen molar-refractivity contribution in [2.45, 2.75) is 45.6 Å². The highest BCUT2D eigenvalue weighted by molar-refractivity contribution is 5.13. The molecule has 14 heavy (non-hydrogen) atoms. The minimum Gasteiger partial charge on any atom is -0.393 e. The molecule has 0 aromatic carbocycles. The van der Waals surface area contributed by atoms with Gasteiger partial charge in [-0.1, -0.05) is 20.3 Å². The van der Waals surface area contributed by atoms with Crippen molar-refractivity contribution in [2.75, 3.05) is 0 Å². The van der Waals surface area contributed by atoms with Gasteiger partial charge < -0.3 is 5.11 Å². The van der Waals surface area contributed by atoms with Gasteiger partial charge in [-0.2, -0.15) is 0 Å². The molecule has 0 saturated carbocycles. The van der Waals surface area contributed by atoms with E-state index in [-0.39, 0.29) is 12.0 Å². The Morgan fingerprint density at radius 2 is 2.07 bits per heavy atom. The van der Waals surface area contributed by atoms with Gasteiger partial charge in [0, 0.05) is 17.3 Å². The van der Waals surface area contributed by atoms with Crippen LogP contribution >= 0.6 is 0 Å². The van der Waals surface area contributed by atoms with Crippen molar-refractivity contribution in [3.05, 3.63) is 23.8 Å². The molecule has 0 bridgehead atoms. The van der Waals surface area contributed by atoms with E-state index in [1.54, 1.807) is 13.3 Å². The summed E-state index contributed by atoms with van der Waals surface area (Å²) in [6.07, 6.45) is 3.28. The minimum atomic E-state index is -0.362. The number of aliphatic hydroxyl groups is 1. The van der Waals surface area contributed by atoms with E-state index in [2.05, 4.69) is 16.9 Å². The third-order valence-electron chi connectivity index (χ3n) is 2.44. The Bertz CT molecular complexity index is 286. The van der Waals surface area contributed by atoms with Crippen molar-refractivity contribution >= 4 is 0 Å². The summed E-state index contributed by atoms with van der Waals surface area (Å²) in [6.45, 7) is 5.88. The second-order valence-electron chi connectivity index (χ2n) is 3.71. The van der Waals surface area contributed by atoms with E-state index in [9.17, 15) is 5.11 Å². The van der Waals surface area contributed by atoms with Crippen LogP contribution in [0.1, 0.15) is 44.5 Å². The monoisotopic (exact) mass is 194 g/mol. The lowest BCUT2D eigenvalue weighted by molar-refractivity contribution is 0.167. The van der Waals surface area contributed by atoms with Crippen LogP contribution in [-0.2, 0) is 6.42 Å². The Balaban J connectivity index is 2.82. The van der Waals surface area contributed by atoms with Crippen molar-refractivity contribution < 1.29 is 5.11 Å². The smallest absolute Gasteiger partial charge is 0.115 e. The maximum Gasteiger partial charge on any atom is 0.115 e.